The van der Waals surface area contributed by atoms with Crippen LogP contribution in [0.3, 0.4) is 0 Å². The molecule has 5 rings (SSSR count). The Kier molecular flexibility index (Phi) is 2.81. The van der Waals surface area contributed by atoms with E-state index < -0.39 is 0 Å². The minimum Gasteiger partial charge on any atom is -0.382 e. The van der Waals surface area contributed by atoms with Gasteiger partial charge < -0.3 is 10.7 Å². The number of aromatic nitrogens is 6. The van der Waals surface area contributed by atoms with Gasteiger partial charge in [-0.1, -0.05) is 6.07 Å². The molecule has 7 nitrogen and oxygen atoms in total. The van der Waals surface area contributed by atoms with Gasteiger partial charge in [0.2, 0.25) is 0 Å². The molecule has 4 aromatic heterocycles. The Morgan fingerprint density at radius 1 is 0.920 bits per heavy atom. The van der Waals surface area contributed by atoms with E-state index in [2.05, 4.69) is 36.2 Å². The summed E-state index contributed by atoms with van der Waals surface area (Å²) in [4.78, 5) is 15.9. The molecule has 0 spiro atoms. The lowest BCUT2D eigenvalue weighted by Crippen LogP contribution is -1.85. The molecule has 1 aromatic carbocycles. The summed E-state index contributed by atoms with van der Waals surface area (Å²) in [6.07, 6.45) is 6.86. The van der Waals surface area contributed by atoms with Crippen LogP contribution in [0.5, 0.6) is 0 Å². The summed E-state index contributed by atoms with van der Waals surface area (Å²) in [5.74, 6) is 0.498. The Labute approximate surface area is 142 Å². The van der Waals surface area contributed by atoms with Crippen LogP contribution in [0.25, 0.3) is 44.3 Å². The van der Waals surface area contributed by atoms with Crippen molar-refractivity contribution in [2.24, 2.45) is 0 Å². The van der Waals surface area contributed by atoms with Crippen molar-refractivity contribution in [2.45, 2.75) is 0 Å². The summed E-state index contributed by atoms with van der Waals surface area (Å²) in [5.41, 5.74) is 11.7. The number of H-pyrrole nitrogens is 2. The molecule has 0 aliphatic carbocycles. The van der Waals surface area contributed by atoms with Crippen molar-refractivity contribution >= 4 is 27.8 Å². The van der Waals surface area contributed by atoms with Gasteiger partial charge in [-0.2, -0.15) is 5.10 Å². The third-order valence-corrected chi connectivity index (χ3v) is 4.31. The standard InChI is InChI=1S/C18H13N7/c19-17-14-5-10(1-2-15(14)24-25-17)12-3-4-22-18-13(12)6-16(23-18)11-7-20-9-21-8-11/h1-9H,(H,22,23)(H3,19,24,25). The topological polar surface area (TPSA) is 109 Å². The fourth-order valence-electron chi connectivity index (χ4n) is 3.07. The molecule has 0 aliphatic rings. The normalized spacial score (nSPS) is 11.4. The molecular weight excluding hydrogens is 314 g/mol. The molecule has 25 heavy (non-hydrogen) atoms. The molecule has 0 aliphatic heterocycles. The van der Waals surface area contributed by atoms with Crippen molar-refractivity contribution in [3.63, 3.8) is 0 Å². The number of nitrogens with zero attached hydrogens (tertiary/aromatic N) is 4. The van der Waals surface area contributed by atoms with Crippen LogP contribution in [0.15, 0.2) is 55.2 Å². The number of benzene rings is 1. The molecule has 5 aromatic rings. The number of nitrogens with two attached hydrogens (primary N) is 1. The van der Waals surface area contributed by atoms with E-state index >= 15 is 0 Å². The van der Waals surface area contributed by atoms with Crippen molar-refractivity contribution in [1.82, 2.24) is 30.1 Å². The van der Waals surface area contributed by atoms with E-state index in [1.807, 2.05) is 24.3 Å². The number of aromatic amines is 2. The third-order valence-electron chi connectivity index (χ3n) is 4.31. The second kappa shape index (κ2) is 5.13. The summed E-state index contributed by atoms with van der Waals surface area (Å²) in [6.45, 7) is 0. The summed E-state index contributed by atoms with van der Waals surface area (Å²) >= 11 is 0. The smallest absolute Gasteiger partial charge is 0.153 e. The van der Waals surface area contributed by atoms with Crippen LogP contribution in [0.1, 0.15) is 0 Å². The first-order valence-electron chi connectivity index (χ1n) is 7.77. The molecule has 120 valence electrons. The van der Waals surface area contributed by atoms with Crippen LogP contribution in [-0.2, 0) is 0 Å². The molecule has 4 N–H and O–H groups in total. The van der Waals surface area contributed by atoms with Gasteiger partial charge in [0.25, 0.3) is 0 Å². The van der Waals surface area contributed by atoms with E-state index in [-0.39, 0.29) is 0 Å². The Morgan fingerprint density at radius 3 is 2.68 bits per heavy atom. The van der Waals surface area contributed by atoms with Gasteiger partial charge in [-0.15, -0.1) is 0 Å². The first-order valence-corrected chi connectivity index (χ1v) is 7.77. The fourth-order valence-corrected chi connectivity index (χ4v) is 3.07. The predicted molar refractivity (Wildman–Crippen MR) is 96.6 cm³/mol. The number of nitrogens with one attached hydrogen (secondary N) is 2. The number of anilines is 1. The molecule has 0 bridgehead atoms. The zero-order valence-electron chi connectivity index (χ0n) is 13.1. The van der Waals surface area contributed by atoms with Crippen LogP contribution >= 0.6 is 0 Å². The highest BCUT2D eigenvalue weighted by molar-refractivity contribution is 5.99. The number of nitrogen functional groups attached to an aromatic ring is 1. The lowest BCUT2D eigenvalue weighted by atomic mass is 10.0. The summed E-state index contributed by atoms with van der Waals surface area (Å²) in [5, 5.41) is 8.92. The summed E-state index contributed by atoms with van der Waals surface area (Å²) < 4.78 is 0. The van der Waals surface area contributed by atoms with Gasteiger partial charge in [0.05, 0.1) is 11.2 Å². The maximum absolute atomic E-state index is 5.94. The van der Waals surface area contributed by atoms with E-state index in [0.717, 1.165) is 44.3 Å². The number of hydrogen-bond donors (Lipinski definition) is 3. The zero-order valence-corrected chi connectivity index (χ0v) is 13.1. The average molecular weight is 327 g/mol. The van der Waals surface area contributed by atoms with E-state index in [4.69, 9.17) is 5.73 Å². The van der Waals surface area contributed by atoms with Crippen molar-refractivity contribution in [3.8, 4) is 22.4 Å². The Morgan fingerprint density at radius 2 is 1.80 bits per heavy atom. The quantitative estimate of drug-likeness (QED) is 0.461. The monoisotopic (exact) mass is 327 g/mol. The zero-order chi connectivity index (χ0) is 16.8. The Bertz CT molecular complexity index is 1200. The molecule has 0 unspecified atom stereocenters. The van der Waals surface area contributed by atoms with Gasteiger partial charge in [0.15, 0.2) is 5.82 Å². The molecule has 7 heteroatoms. The molecule has 0 fully saturated rings. The molecule has 0 atom stereocenters. The molecule has 0 saturated heterocycles. The van der Waals surface area contributed by atoms with Crippen LogP contribution in [-0.4, -0.2) is 30.1 Å². The molecule has 0 radical (unpaired) electrons. The van der Waals surface area contributed by atoms with Crippen LogP contribution in [0.4, 0.5) is 5.82 Å². The minimum absolute atomic E-state index is 0.498. The minimum atomic E-state index is 0.498. The van der Waals surface area contributed by atoms with Gasteiger partial charge in [-0.25, -0.2) is 15.0 Å². The first-order chi connectivity index (χ1) is 12.3. The van der Waals surface area contributed by atoms with Gasteiger partial charge >= 0.3 is 0 Å². The second-order valence-corrected chi connectivity index (χ2v) is 5.80. The van der Waals surface area contributed by atoms with Crippen molar-refractivity contribution < 1.29 is 0 Å². The lowest BCUT2D eigenvalue weighted by Gasteiger charge is -2.03. The average Bonchev–Trinajstić information content (AvgIpc) is 3.26. The van der Waals surface area contributed by atoms with E-state index in [1.165, 1.54) is 6.33 Å². The number of rotatable bonds is 2. The number of hydrogen-bond acceptors (Lipinski definition) is 5. The molecule has 0 saturated carbocycles. The van der Waals surface area contributed by atoms with Crippen LogP contribution in [0, 0.1) is 0 Å². The number of pyridine rings is 1. The van der Waals surface area contributed by atoms with Gasteiger partial charge in [-0.05, 0) is 35.4 Å². The van der Waals surface area contributed by atoms with Gasteiger partial charge in [0.1, 0.15) is 12.0 Å². The van der Waals surface area contributed by atoms with E-state index in [1.54, 1.807) is 18.6 Å². The van der Waals surface area contributed by atoms with Crippen molar-refractivity contribution in [1.29, 1.82) is 0 Å². The largest absolute Gasteiger partial charge is 0.382 e. The molecule has 0 amide bonds. The second-order valence-electron chi connectivity index (χ2n) is 5.80. The third kappa shape index (κ3) is 2.13. The van der Waals surface area contributed by atoms with Crippen LogP contribution < -0.4 is 5.73 Å². The van der Waals surface area contributed by atoms with E-state index in [0.29, 0.717) is 5.82 Å². The highest BCUT2D eigenvalue weighted by atomic mass is 15.1. The van der Waals surface area contributed by atoms with Crippen LogP contribution in [0.2, 0.25) is 0 Å². The summed E-state index contributed by atoms with van der Waals surface area (Å²) in [7, 11) is 0. The fraction of sp³-hybridized carbons (Fsp3) is 0. The lowest BCUT2D eigenvalue weighted by molar-refractivity contribution is 1.13. The summed E-state index contributed by atoms with van der Waals surface area (Å²) in [6, 6.07) is 10.1. The Balaban J connectivity index is 1.72. The predicted octanol–water partition coefficient (Wildman–Crippen LogP) is 3.15. The van der Waals surface area contributed by atoms with E-state index in [9.17, 15) is 0 Å². The first kappa shape index (κ1) is 13.7. The highest BCUT2D eigenvalue weighted by Gasteiger charge is 2.11. The van der Waals surface area contributed by atoms with Crippen molar-refractivity contribution in [3.05, 3.63) is 55.2 Å². The molecular formula is C18H13N7. The highest BCUT2D eigenvalue weighted by Crippen LogP contribution is 2.33. The maximum Gasteiger partial charge on any atom is 0.153 e. The maximum atomic E-state index is 5.94. The van der Waals surface area contributed by atoms with Gasteiger partial charge in [0, 0.05) is 34.9 Å². The SMILES string of the molecule is Nc1n[nH]c2ccc(-c3ccnc4[nH]c(-c5cncnc5)cc34)cc12. The Hall–Kier alpha value is -3.74. The van der Waals surface area contributed by atoms with Crippen molar-refractivity contribution in [2.75, 3.05) is 5.73 Å². The van der Waals surface area contributed by atoms with Gasteiger partial charge in [-0.3, -0.25) is 5.10 Å². The molecule has 4 heterocycles. The number of fused-ring (bicyclic) bond motifs is 2.